The molecular weight excluding hydrogens is 438 g/mol. The molecule has 4 rings (SSSR count). The number of benzene rings is 3. The van der Waals surface area contributed by atoms with Gasteiger partial charge < -0.3 is 19.9 Å². The molecule has 0 aromatic heterocycles. The van der Waals surface area contributed by atoms with Gasteiger partial charge in [0, 0.05) is 23.8 Å². The summed E-state index contributed by atoms with van der Waals surface area (Å²) in [7, 11) is 0. The molecule has 0 saturated carbocycles. The molecule has 34 heavy (non-hydrogen) atoms. The minimum Gasteiger partial charge on any atom is -0.482 e. The standard InChI is InChI=1S/C25H19N3O6/c1-15-5-7-18(8-6-15)32-14-23(29)33-19-9-10-20-22(12-19)34-25(27)21(13-26)24(20)16-3-2-4-17(11-16)28(30)31/h2-12,24H,14,27H2,1H3. The molecule has 1 unspecified atom stereocenters. The summed E-state index contributed by atoms with van der Waals surface area (Å²) in [5.74, 6) is -0.410. The number of non-ortho nitro benzene ring substituents is 1. The van der Waals surface area contributed by atoms with Gasteiger partial charge in [-0.2, -0.15) is 5.26 Å². The molecule has 1 aliphatic rings. The van der Waals surface area contributed by atoms with E-state index in [0.717, 1.165) is 5.56 Å². The molecule has 1 heterocycles. The molecule has 0 spiro atoms. The van der Waals surface area contributed by atoms with Gasteiger partial charge in [-0.25, -0.2) is 4.79 Å². The molecule has 9 nitrogen and oxygen atoms in total. The van der Waals surface area contributed by atoms with Crippen LogP contribution in [0, 0.1) is 28.4 Å². The lowest BCUT2D eigenvalue weighted by Gasteiger charge is -2.26. The number of nitrogens with zero attached hydrogens (tertiary/aromatic N) is 2. The van der Waals surface area contributed by atoms with Crippen molar-refractivity contribution < 1.29 is 23.9 Å². The van der Waals surface area contributed by atoms with Crippen molar-refractivity contribution >= 4 is 11.7 Å². The van der Waals surface area contributed by atoms with Gasteiger partial charge in [-0.05, 0) is 30.7 Å². The van der Waals surface area contributed by atoms with Crippen LogP contribution in [0.5, 0.6) is 17.2 Å². The van der Waals surface area contributed by atoms with Gasteiger partial charge in [0.1, 0.15) is 28.9 Å². The van der Waals surface area contributed by atoms with Crippen molar-refractivity contribution in [3.8, 4) is 23.3 Å². The zero-order valence-electron chi connectivity index (χ0n) is 18.1. The Morgan fingerprint density at radius 2 is 1.88 bits per heavy atom. The Kier molecular flexibility index (Phi) is 6.14. The predicted molar refractivity (Wildman–Crippen MR) is 121 cm³/mol. The minimum atomic E-state index is -0.678. The molecule has 1 aliphatic heterocycles. The van der Waals surface area contributed by atoms with Gasteiger partial charge in [-0.3, -0.25) is 10.1 Å². The first kappa shape index (κ1) is 22.4. The number of carbonyl (C=O) groups excluding carboxylic acids is 1. The summed E-state index contributed by atoms with van der Waals surface area (Å²) in [6.45, 7) is 1.65. The molecule has 0 amide bonds. The van der Waals surface area contributed by atoms with Crippen LogP contribution in [-0.2, 0) is 4.79 Å². The van der Waals surface area contributed by atoms with Gasteiger partial charge in [0.05, 0.1) is 10.8 Å². The number of nitrogens with two attached hydrogens (primary N) is 1. The highest BCUT2D eigenvalue weighted by Crippen LogP contribution is 2.43. The largest absolute Gasteiger partial charge is 0.482 e. The second-order valence-electron chi connectivity index (χ2n) is 7.55. The molecule has 0 radical (unpaired) electrons. The Balaban J connectivity index is 1.57. The van der Waals surface area contributed by atoms with Crippen LogP contribution in [0.1, 0.15) is 22.6 Å². The first-order chi connectivity index (χ1) is 16.4. The molecule has 3 aromatic carbocycles. The Bertz CT molecular complexity index is 1340. The Labute approximate surface area is 194 Å². The summed E-state index contributed by atoms with van der Waals surface area (Å²) in [6.07, 6.45) is 0. The number of ether oxygens (including phenoxy) is 3. The average Bonchev–Trinajstić information content (AvgIpc) is 2.82. The topological polar surface area (TPSA) is 138 Å². The molecule has 2 N–H and O–H groups in total. The van der Waals surface area contributed by atoms with E-state index in [1.807, 2.05) is 25.1 Å². The second-order valence-corrected chi connectivity index (χ2v) is 7.55. The van der Waals surface area contributed by atoms with Gasteiger partial charge in [0.15, 0.2) is 6.61 Å². The SMILES string of the molecule is Cc1ccc(OCC(=O)Oc2ccc3c(c2)OC(N)=C(C#N)C3c2cccc([N+](=O)[O-])c2)cc1. The molecule has 1 atom stereocenters. The van der Waals surface area contributed by atoms with Gasteiger partial charge in [0.2, 0.25) is 5.88 Å². The van der Waals surface area contributed by atoms with Gasteiger partial charge in [-0.1, -0.05) is 35.9 Å². The fourth-order valence-corrected chi connectivity index (χ4v) is 3.60. The van der Waals surface area contributed by atoms with Crippen molar-refractivity contribution in [3.05, 3.63) is 105 Å². The van der Waals surface area contributed by atoms with E-state index in [1.165, 1.54) is 24.3 Å². The third kappa shape index (κ3) is 4.66. The normalized spacial score (nSPS) is 14.4. The first-order valence-corrected chi connectivity index (χ1v) is 10.2. The van der Waals surface area contributed by atoms with Crippen LogP contribution in [-0.4, -0.2) is 17.5 Å². The van der Waals surface area contributed by atoms with E-state index >= 15 is 0 Å². The summed E-state index contributed by atoms with van der Waals surface area (Å²) in [6, 6.07) is 19.9. The monoisotopic (exact) mass is 457 g/mol. The van der Waals surface area contributed by atoms with Crippen LogP contribution >= 0.6 is 0 Å². The lowest BCUT2D eigenvalue weighted by molar-refractivity contribution is -0.384. The van der Waals surface area contributed by atoms with E-state index in [4.69, 9.17) is 19.9 Å². The van der Waals surface area contributed by atoms with Crippen molar-refractivity contribution in [2.24, 2.45) is 5.73 Å². The van der Waals surface area contributed by atoms with Crippen molar-refractivity contribution in [2.75, 3.05) is 6.61 Å². The highest BCUT2D eigenvalue weighted by molar-refractivity contribution is 5.74. The number of hydrogen-bond acceptors (Lipinski definition) is 8. The molecule has 170 valence electrons. The number of esters is 1. The number of fused-ring (bicyclic) bond motifs is 1. The zero-order chi connectivity index (χ0) is 24.2. The van der Waals surface area contributed by atoms with Crippen LogP contribution < -0.4 is 19.9 Å². The quantitative estimate of drug-likeness (QED) is 0.253. The zero-order valence-corrected chi connectivity index (χ0v) is 18.1. The van der Waals surface area contributed by atoms with E-state index in [-0.39, 0.29) is 35.2 Å². The smallest absolute Gasteiger partial charge is 0.349 e. The van der Waals surface area contributed by atoms with Crippen LogP contribution in [0.3, 0.4) is 0 Å². The van der Waals surface area contributed by atoms with Crippen molar-refractivity contribution in [1.29, 1.82) is 5.26 Å². The molecular formula is C25H19N3O6. The van der Waals surface area contributed by atoms with Crippen molar-refractivity contribution in [3.63, 3.8) is 0 Å². The molecule has 9 heteroatoms. The van der Waals surface area contributed by atoms with Gasteiger partial charge >= 0.3 is 5.97 Å². The van der Waals surface area contributed by atoms with Crippen LogP contribution in [0.4, 0.5) is 5.69 Å². The fourth-order valence-electron chi connectivity index (χ4n) is 3.60. The van der Waals surface area contributed by atoms with E-state index in [2.05, 4.69) is 0 Å². The van der Waals surface area contributed by atoms with Crippen LogP contribution in [0.25, 0.3) is 0 Å². The Morgan fingerprint density at radius 1 is 1.15 bits per heavy atom. The number of aryl methyl sites for hydroxylation is 1. The Morgan fingerprint density at radius 3 is 2.59 bits per heavy atom. The van der Waals surface area contributed by atoms with Crippen molar-refractivity contribution in [2.45, 2.75) is 12.8 Å². The molecule has 0 bridgehead atoms. The highest BCUT2D eigenvalue weighted by Gasteiger charge is 2.31. The maximum atomic E-state index is 12.2. The lowest BCUT2D eigenvalue weighted by atomic mass is 9.83. The van der Waals surface area contributed by atoms with E-state index in [0.29, 0.717) is 16.9 Å². The average molecular weight is 457 g/mol. The lowest BCUT2D eigenvalue weighted by Crippen LogP contribution is -2.21. The third-order valence-electron chi connectivity index (χ3n) is 5.21. The maximum Gasteiger partial charge on any atom is 0.349 e. The van der Waals surface area contributed by atoms with Gasteiger partial charge in [-0.15, -0.1) is 0 Å². The molecule has 0 aliphatic carbocycles. The number of hydrogen-bond donors (Lipinski definition) is 1. The summed E-state index contributed by atoms with van der Waals surface area (Å²) >= 11 is 0. The number of nitro groups is 1. The maximum absolute atomic E-state index is 12.2. The number of rotatable bonds is 6. The van der Waals surface area contributed by atoms with Gasteiger partial charge in [0.25, 0.3) is 5.69 Å². The first-order valence-electron chi connectivity index (χ1n) is 10.2. The van der Waals surface area contributed by atoms with Crippen LogP contribution in [0.15, 0.2) is 78.2 Å². The van der Waals surface area contributed by atoms with E-state index in [1.54, 1.807) is 30.3 Å². The number of nitro benzene ring substituents is 1. The second kappa shape index (κ2) is 9.34. The summed E-state index contributed by atoms with van der Waals surface area (Å²) < 4.78 is 16.4. The molecule has 0 saturated heterocycles. The molecule has 0 fully saturated rings. The minimum absolute atomic E-state index is 0.111. The van der Waals surface area contributed by atoms with Crippen LogP contribution in [0.2, 0.25) is 0 Å². The number of carbonyl (C=O) groups is 1. The third-order valence-corrected chi connectivity index (χ3v) is 5.21. The molecule has 3 aromatic rings. The van der Waals surface area contributed by atoms with E-state index in [9.17, 15) is 20.2 Å². The Hall–Kier alpha value is -4.84. The summed E-state index contributed by atoms with van der Waals surface area (Å²) in [4.78, 5) is 23.0. The van der Waals surface area contributed by atoms with Crippen molar-refractivity contribution in [1.82, 2.24) is 0 Å². The number of allylic oxidation sites excluding steroid dienone is 1. The summed E-state index contributed by atoms with van der Waals surface area (Å²) in [5, 5.41) is 20.9. The number of nitriles is 1. The fraction of sp³-hybridized carbons (Fsp3) is 0.120. The predicted octanol–water partition coefficient (Wildman–Crippen LogP) is 4.11. The summed E-state index contributed by atoms with van der Waals surface area (Å²) in [5.41, 5.74) is 8.13. The van der Waals surface area contributed by atoms with E-state index < -0.39 is 16.8 Å². The highest BCUT2D eigenvalue weighted by atomic mass is 16.6.